The predicted octanol–water partition coefficient (Wildman–Crippen LogP) is 3.68. The lowest BCUT2D eigenvalue weighted by atomic mass is 10.1. The van der Waals surface area contributed by atoms with E-state index < -0.39 is 5.82 Å². The normalized spacial score (nSPS) is 10.6. The van der Waals surface area contributed by atoms with E-state index in [9.17, 15) is 18.4 Å². The number of nitrogens with zero attached hydrogens (tertiary/aromatic N) is 2. The molecule has 28 heavy (non-hydrogen) atoms. The van der Waals surface area contributed by atoms with Crippen molar-refractivity contribution in [1.82, 2.24) is 15.5 Å². The van der Waals surface area contributed by atoms with Gasteiger partial charge in [-0.05, 0) is 55.0 Å². The molecule has 8 heteroatoms. The van der Waals surface area contributed by atoms with Gasteiger partial charge in [-0.25, -0.2) is 8.78 Å². The summed E-state index contributed by atoms with van der Waals surface area (Å²) in [5.41, 5.74) is 1.02. The van der Waals surface area contributed by atoms with Crippen LogP contribution in [-0.4, -0.2) is 21.8 Å². The van der Waals surface area contributed by atoms with E-state index in [4.69, 9.17) is 4.52 Å². The number of ketones is 1. The molecule has 0 unspecified atom stereocenters. The molecule has 3 rings (SSSR count). The summed E-state index contributed by atoms with van der Waals surface area (Å²) in [6.45, 7) is 0.0545. The van der Waals surface area contributed by atoms with Crippen molar-refractivity contribution in [3.05, 3.63) is 71.6 Å². The maximum atomic E-state index is 12.9. The number of amides is 1. The van der Waals surface area contributed by atoms with E-state index in [1.807, 2.05) is 0 Å². The van der Waals surface area contributed by atoms with Crippen LogP contribution in [0.5, 0.6) is 0 Å². The van der Waals surface area contributed by atoms with Crippen molar-refractivity contribution in [2.24, 2.45) is 0 Å². The molecule has 0 aliphatic rings. The molecule has 0 radical (unpaired) electrons. The molecule has 0 bridgehead atoms. The quantitative estimate of drug-likeness (QED) is 0.598. The molecule has 0 fully saturated rings. The van der Waals surface area contributed by atoms with Crippen molar-refractivity contribution in [2.75, 3.05) is 0 Å². The molecule has 0 aliphatic heterocycles. The summed E-state index contributed by atoms with van der Waals surface area (Å²) in [5, 5.41) is 6.43. The average molecular weight is 385 g/mol. The van der Waals surface area contributed by atoms with Gasteiger partial charge in [0.2, 0.25) is 17.6 Å². The number of carbonyl (C=O) groups is 2. The summed E-state index contributed by atoms with van der Waals surface area (Å²) in [7, 11) is 0. The fourth-order valence-corrected chi connectivity index (χ4v) is 2.50. The molecular formula is C20H17F2N3O3. The standard InChI is InChI=1S/C20H17F2N3O3/c21-15-8-4-13(5-9-15)17(26)2-1-3-18(27)23-12-19-24-20(25-28-19)14-6-10-16(22)11-7-14/h4-11H,1-3,12H2,(H,23,27). The van der Waals surface area contributed by atoms with Gasteiger partial charge in [0.25, 0.3) is 0 Å². The van der Waals surface area contributed by atoms with Gasteiger partial charge in [-0.3, -0.25) is 9.59 Å². The van der Waals surface area contributed by atoms with Crippen molar-refractivity contribution < 1.29 is 22.9 Å². The zero-order chi connectivity index (χ0) is 19.9. The predicted molar refractivity (Wildman–Crippen MR) is 96.1 cm³/mol. The van der Waals surface area contributed by atoms with Crippen LogP contribution in [0.25, 0.3) is 11.4 Å². The number of aromatic nitrogens is 2. The second-order valence-corrected chi connectivity index (χ2v) is 6.08. The Hall–Kier alpha value is -3.42. The van der Waals surface area contributed by atoms with Gasteiger partial charge >= 0.3 is 0 Å². The van der Waals surface area contributed by atoms with Crippen LogP contribution in [0.15, 0.2) is 53.1 Å². The van der Waals surface area contributed by atoms with Gasteiger partial charge in [0.15, 0.2) is 5.78 Å². The third-order valence-corrected chi connectivity index (χ3v) is 3.98. The van der Waals surface area contributed by atoms with Crippen LogP contribution in [-0.2, 0) is 11.3 Å². The van der Waals surface area contributed by atoms with Crippen LogP contribution in [0.1, 0.15) is 35.5 Å². The first-order chi connectivity index (χ1) is 13.5. The number of halogens is 2. The number of benzene rings is 2. The van der Waals surface area contributed by atoms with E-state index in [0.29, 0.717) is 23.4 Å². The lowest BCUT2D eigenvalue weighted by molar-refractivity contribution is -0.121. The first-order valence-corrected chi connectivity index (χ1v) is 8.65. The van der Waals surface area contributed by atoms with Crippen molar-refractivity contribution in [3.8, 4) is 11.4 Å². The van der Waals surface area contributed by atoms with Crippen molar-refractivity contribution >= 4 is 11.7 Å². The van der Waals surface area contributed by atoms with E-state index >= 15 is 0 Å². The number of hydrogen-bond donors (Lipinski definition) is 1. The Kier molecular flexibility index (Phi) is 6.21. The van der Waals surface area contributed by atoms with E-state index in [1.165, 1.54) is 48.5 Å². The highest BCUT2D eigenvalue weighted by Gasteiger charge is 2.11. The lowest BCUT2D eigenvalue weighted by Crippen LogP contribution is -2.22. The summed E-state index contributed by atoms with van der Waals surface area (Å²) in [5.74, 6) is -0.650. The molecule has 0 saturated heterocycles. The van der Waals surface area contributed by atoms with Gasteiger partial charge < -0.3 is 9.84 Å². The topological polar surface area (TPSA) is 85.1 Å². The molecule has 1 N–H and O–H groups in total. The van der Waals surface area contributed by atoms with Gasteiger partial charge in [0.1, 0.15) is 11.6 Å². The van der Waals surface area contributed by atoms with Gasteiger partial charge in [-0.1, -0.05) is 5.16 Å². The van der Waals surface area contributed by atoms with E-state index in [-0.39, 0.29) is 42.8 Å². The highest BCUT2D eigenvalue weighted by Crippen LogP contribution is 2.16. The second-order valence-electron chi connectivity index (χ2n) is 6.08. The zero-order valence-corrected chi connectivity index (χ0v) is 14.8. The Labute approximate surface area is 159 Å². The molecule has 1 heterocycles. The highest BCUT2D eigenvalue weighted by molar-refractivity contribution is 5.96. The SMILES string of the molecule is O=C(CCCC(=O)c1ccc(F)cc1)NCc1nc(-c2ccc(F)cc2)no1. The van der Waals surface area contributed by atoms with Crippen LogP contribution >= 0.6 is 0 Å². The number of carbonyl (C=O) groups excluding carboxylic acids is 2. The zero-order valence-electron chi connectivity index (χ0n) is 14.8. The first-order valence-electron chi connectivity index (χ1n) is 8.65. The van der Waals surface area contributed by atoms with Crippen LogP contribution in [0.3, 0.4) is 0 Å². The summed E-state index contributed by atoms with van der Waals surface area (Å²) in [6.07, 6.45) is 0.715. The smallest absolute Gasteiger partial charge is 0.246 e. The van der Waals surface area contributed by atoms with Crippen LogP contribution in [0.4, 0.5) is 8.78 Å². The minimum atomic E-state index is -0.403. The number of Topliss-reactive ketones (excluding diaryl/α,β-unsaturated/α-hetero) is 1. The second kappa shape index (κ2) is 8.98. The molecule has 0 spiro atoms. The molecule has 0 saturated carbocycles. The largest absolute Gasteiger partial charge is 0.347 e. The average Bonchev–Trinajstić information content (AvgIpc) is 3.16. The fraction of sp³-hybridized carbons (Fsp3) is 0.200. The molecule has 0 aliphatic carbocycles. The number of rotatable bonds is 8. The van der Waals surface area contributed by atoms with Crippen LogP contribution in [0, 0.1) is 11.6 Å². The van der Waals surface area contributed by atoms with Crippen LogP contribution < -0.4 is 5.32 Å². The monoisotopic (exact) mass is 385 g/mol. The van der Waals surface area contributed by atoms with Crippen LogP contribution in [0.2, 0.25) is 0 Å². The van der Waals surface area contributed by atoms with Gasteiger partial charge in [-0.2, -0.15) is 4.98 Å². The third kappa shape index (κ3) is 5.29. The Bertz CT molecular complexity index is 954. The highest BCUT2D eigenvalue weighted by atomic mass is 19.1. The Morgan fingerprint density at radius 1 is 0.929 bits per heavy atom. The minimum Gasteiger partial charge on any atom is -0.347 e. The maximum absolute atomic E-state index is 12.9. The Balaban J connectivity index is 1.41. The molecular weight excluding hydrogens is 368 g/mol. The number of nitrogens with one attached hydrogen (secondary N) is 1. The summed E-state index contributed by atoms with van der Waals surface area (Å²) in [6, 6.07) is 10.9. The molecule has 144 valence electrons. The maximum Gasteiger partial charge on any atom is 0.246 e. The third-order valence-electron chi connectivity index (χ3n) is 3.98. The molecule has 2 aromatic carbocycles. The molecule has 6 nitrogen and oxygen atoms in total. The lowest BCUT2D eigenvalue weighted by Gasteiger charge is -2.03. The Morgan fingerprint density at radius 2 is 1.57 bits per heavy atom. The number of hydrogen-bond acceptors (Lipinski definition) is 5. The van der Waals surface area contributed by atoms with E-state index in [1.54, 1.807) is 0 Å². The summed E-state index contributed by atoms with van der Waals surface area (Å²) >= 11 is 0. The van der Waals surface area contributed by atoms with Crippen molar-refractivity contribution in [3.63, 3.8) is 0 Å². The fourth-order valence-electron chi connectivity index (χ4n) is 2.50. The van der Waals surface area contributed by atoms with Crippen molar-refractivity contribution in [1.29, 1.82) is 0 Å². The first kappa shape index (κ1) is 19.3. The van der Waals surface area contributed by atoms with Crippen molar-refractivity contribution in [2.45, 2.75) is 25.8 Å². The molecule has 1 aromatic heterocycles. The summed E-state index contributed by atoms with van der Waals surface area (Å²) < 4.78 is 30.8. The van der Waals surface area contributed by atoms with Gasteiger partial charge in [0.05, 0.1) is 6.54 Å². The molecule has 3 aromatic rings. The molecule has 1 amide bonds. The van der Waals surface area contributed by atoms with Gasteiger partial charge in [-0.15, -0.1) is 0 Å². The van der Waals surface area contributed by atoms with Gasteiger partial charge in [0, 0.05) is 24.0 Å². The molecule has 0 atom stereocenters. The van der Waals surface area contributed by atoms with E-state index in [0.717, 1.165) is 0 Å². The Morgan fingerprint density at radius 3 is 2.25 bits per heavy atom. The summed E-state index contributed by atoms with van der Waals surface area (Å²) in [4.78, 5) is 28.0. The van der Waals surface area contributed by atoms with E-state index in [2.05, 4.69) is 15.5 Å². The minimum absolute atomic E-state index is 0.0545.